The van der Waals surface area contributed by atoms with Crippen LogP contribution in [-0.4, -0.2) is 82.9 Å². The summed E-state index contributed by atoms with van der Waals surface area (Å²) in [6.07, 6.45) is 8.15. The van der Waals surface area contributed by atoms with E-state index in [1.807, 2.05) is 6.92 Å². The fraction of sp³-hybridized carbons (Fsp3) is 0.870. The first-order valence-corrected chi connectivity index (χ1v) is 12.1. The molecule has 1 aromatic rings. The van der Waals surface area contributed by atoms with Crippen molar-refractivity contribution in [2.45, 2.75) is 89.9 Å². The molecule has 0 spiro atoms. The van der Waals surface area contributed by atoms with Crippen molar-refractivity contribution in [3.63, 3.8) is 0 Å². The van der Waals surface area contributed by atoms with Crippen LogP contribution in [0.4, 0.5) is 6.01 Å². The molecule has 5 rings (SSSR count). The highest BCUT2D eigenvalue weighted by atomic mass is 16.5. The van der Waals surface area contributed by atoms with Crippen molar-refractivity contribution in [1.29, 1.82) is 0 Å². The fourth-order valence-electron chi connectivity index (χ4n) is 6.30. The summed E-state index contributed by atoms with van der Waals surface area (Å²) in [5.41, 5.74) is 0.347. The van der Waals surface area contributed by atoms with E-state index in [1.54, 1.807) is 6.92 Å². The third kappa shape index (κ3) is 4.21. The molecule has 4 heterocycles. The molecule has 4 fully saturated rings. The van der Waals surface area contributed by atoms with Crippen LogP contribution in [0.5, 0.6) is 0 Å². The molecule has 1 aliphatic carbocycles. The molecular formula is C23H37N5O3. The normalized spacial score (nSPS) is 31.3. The van der Waals surface area contributed by atoms with Gasteiger partial charge in [0.25, 0.3) is 0 Å². The first kappa shape index (κ1) is 21.2. The van der Waals surface area contributed by atoms with E-state index in [-0.39, 0.29) is 5.91 Å². The number of rotatable bonds is 5. The first-order valence-electron chi connectivity index (χ1n) is 12.1. The van der Waals surface area contributed by atoms with Gasteiger partial charge >= 0.3 is 6.01 Å². The molecule has 1 amide bonds. The van der Waals surface area contributed by atoms with Gasteiger partial charge in [0.05, 0.1) is 25.3 Å². The maximum atomic E-state index is 12.4. The van der Waals surface area contributed by atoms with Gasteiger partial charge in [-0.2, -0.15) is 4.98 Å². The van der Waals surface area contributed by atoms with Gasteiger partial charge in [-0.05, 0) is 50.9 Å². The molecule has 2 unspecified atom stereocenters. The standard InChI is InChI=1S/C23H37N5O3/c1-16-24-22(31-25-16)28-20-11-19(12-21(28)14-30-13-20)26-9-5-18(6-10-26)27(17(2)29)15-23(3)7-4-8-23/h18-21H,4-15H2,1-3H3. The molecule has 172 valence electrons. The molecule has 2 atom stereocenters. The Kier molecular flexibility index (Phi) is 5.71. The SMILES string of the molecule is CC(=O)N(CC1(C)CCC1)C1CCN(C2CC3COCC(C2)N3c2nc(C)no2)CC1. The lowest BCUT2D eigenvalue weighted by Gasteiger charge is -2.51. The zero-order chi connectivity index (χ0) is 21.6. The average Bonchev–Trinajstić information content (AvgIpc) is 3.15. The van der Waals surface area contributed by atoms with Crippen LogP contribution in [0.25, 0.3) is 0 Å². The molecule has 0 N–H and O–H groups in total. The Bertz CT molecular complexity index is 772. The van der Waals surface area contributed by atoms with Crippen molar-refractivity contribution < 1.29 is 14.1 Å². The highest BCUT2D eigenvalue weighted by Crippen LogP contribution is 2.42. The van der Waals surface area contributed by atoms with Crippen LogP contribution in [-0.2, 0) is 9.53 Å². The van der Waals surface area contributed by atoms with E-state index in [0.29, 0.717) is 41.4 Å². The number of hydrogen-bond acceptors (Lipinski definition) is 7. The number of carbonyl (C=O) groups is 1. The number of aromatic nitrogens is 2. The largest absolute Gasteiger partial charge is 0.377 e. The summed E-state index contributed by atoms with van der Waals surface area (Å²) in [5.74, 6) is 0.936. The minimum absolute atomic E-state index is 0.251. The lowest BCUT2D eigenvalue weighted by Crippen LogP contribution is -2.62. The molecule has 3 saturated heterocycles. The van der Waals surface area contributed by atoms with Crippen molar-refractivity contribution in [1.82, 2.24) is 19.9 Å². The van der Waals surface area contributed by atoms with Gasteiger partial charge < -0.3 is 24.0 Å². The first-order chi connectivity index (χ1) is 14.9. The number of likely N-dealkylation sites (tertiary alicyclic amines) is 1. The van der Waals surface area contributed by atoms with E-state index in [9.17, 15) is 4.79 Å². The van der Waals surface area contributed by atoms with Crippen molar-refractivity contribution in [2.24, 2.45) is 5.41 Å². The lowest BCUT2D eigenvalue weighted by atomic mass is 9.70. The highest BCUT2D eigenvalue weighted by Gasteiger charge is 2.44. The number of morpholine rings is 1. The third-order valence-electron chi connectivity index (χ3n) is 8.21. The van der Waals surface area contributed by atoms with E-state index in [2.05, 4.69) is 31.8 Å². The van der Waals surface area contributed by atoms with Gasteiger partial charge in [-0.1, -0.05) is 18.5 Å². The topological polar surface area (TPSA) is 74.9 Å². The van der Waals surface area contributed by atoms with Crippen LogP contribution in [0.1, 0.15) is 64.6 Å². The van der Waals surface area contributed by atoms with Gasteiger partial charge in [0, 0.05) is 38.6 Å². The number of anilines is 1. The lowest BCUT2D eigenvalue weighted by molar-refractivity contribution is -0.135. The Balaban J connectivity index is 1.20. The molecule has 8 heteroatoms. The maximum Gasteiger partial charge on any atom is 0.324 e. The second-order valence-electron chi connectivity index (χ2n) is 10.6. The van der Waals surface area contributed by atoms with Gasteiger partial charge in [0.2, 0.25) is 5.91 Å². The fourth-order valence-corrected chi connectivity index (χ4v) is 6.30. The summed E-state index contributed by atoms with van der Waals surface area (Å²) in [4.78, 5) is 24.1. The molecule has 0 aromatic carbocycles. The number of piperidine rings is 2. The van der Waals surface area contributed by atoms with E-state index in [0.717, 1.165) is 58.5 Å². The van der Waals surface area contributed by atoms with Gasteiger partial charge in [-0.25, -0.2) is 0 Å². The summed E-state index contributed by atoms with van der Waals surface area (Å²) in [6, 6.07) is 2.20. The van der Waals surface area contributed by atoms with E-state index < -0.39 is 0 Å². The Hall–Kier alpha value is -1.67. The molecule has 31 heavy (non-hydrogen) atoms. The Morgan fingerprint density at radius 3 is 2.35 bits per heavy atom. The number of amides is 1. The molecule has 2 bridgehead atoms. The summed E-state index contributed by atoms with van der Waals surface area (Å²) in [5, 5.41) is 3.99. The molecule has 0 radical (unpaired) electrons. The summed E-state index contributed by atoms with van der Waals surface area (Å²) in [6.45, 7) is 10.5. The Morgan fingerprint density at radius 1 is 1.16 bits per heavy atom. The van der Waals surface area contributed by atoms with Crippen molar-refractivity contribution in [2.75, 3.05) is 37.7 Å². The molecule has 1 saturated carbocycles. The number of aryl methyl sites for hydroxylation is 1. The van der Waals surface area contributed by atoms with Crippen molar-refractivity contribution in [3.8, 4) is 0 Å². The summed E-state index contributed by atoms with van der Waals surface area (Å²) in [7, 11) is 0. The Labute approximate surface area is 185 Å². The molecule has 3 aliphatic heterocycles. The predicted molar refractivity (Wildman–Crippen MR) is 117 cm³/mol. The Morgan fingerprint density at radius 2 is 1.84 bits per heavy atom. The van der Waals surface area contributed by atoms with Crippen LogP contribution < -0.4 is 4.90 Å². The third-order valence-corrected chi connectivity index (χ3v) is 8.21. The summed E-state index contributed by atoms with van der Waals surface area (Å²) >= 11 is 0. The quantitative estimate of drug-likeness (QED) is 0.709. The monoisotopic (exact) mass is 431 g/mol. The van der Waals surface area contributed by atoms with Crippen LogP contribution >= 0.6 is 0 Å². The zero-order valence-corrected chi connectivity index (χ0v) is 19.3. The van der Waals surface area contributed by atoms with Gasteiger partial charge in [0.15, 0.2) is 5.82 Å². The zero-order valence-electron chi connectivity index (χ0n) is 19.3. The maximum absolute atomic E-state index is 12.4. The molecule has 4 aliphatic rings. The van der Waals surface area contributed by atoms with Gasteiger partial charge in [0.1, 0.15) is 0 Å². The number of hydrogen-bond donors (Lipinski definition) is 0. The average molecular weight is 432 g/mol. The van der Waals surface area contributed by atoms with E-state index >= 15 is 0 Å². The highest BCUT2D eigenvalue weighted by molar-refractivity contribution is 5.73. The van der Waals surface area contributed by atoms with Crippen LogP contribution in [0.2, 0.25) is 0 Å². The second kappa shape index (κ2) is 8.35. The van der Waals surface area contributed by atoms with Gasteiger partial charge in [-0.15, -0.1) is 0 Å². The predicted octanol–water partition coefficient (Wildman–Crippen LogP) is 2.62. The minimum Gasteiger partial charge on any atom is -0.377 e. The molecule has 1 aromatic heterocycles. The van der Waals surface area contributed by atoms with Crippen LogP contribution in [0, 0.1) is 12.3 Å². The smallest absolute Gasteiger partial charge is 0.324 e. The summed E-state index contributed by atoms with van der Waals surface area (Å²) < 4.78 is 11.4. The van der Waals surface area contributed by atoms with E-state index in [4.69, 9.17) is 9.26 Å². The number of nitrogens with zero attached hydrogens (tertiary/aromatic N) is 5. The van der Waals surface area contributed by atoms with Crippen LogP contribution in [0.3, 0.4) is 0 Å². The van der Waals surface area contributed by atoms with Crippen LogP contribution in [0.15, 0.2) is 4.52 Å². The van der Waals surface area contributed by atoms with Gasteiger partial charge in [-0.3, -0.25) is 4.79 Å². The molecular weight excluding hydrogens is 394 g/mol. The van der Waals surface area contributed by atoms with Crippen molar-refractivity contribution in [3.05, 3.63) is 5.82 Å². The molecule has 8 nitrogen and oxygen atoms in total. The second-order valence-corrected chi connectivity index (χ2v) is 10.6. The number of carbonyl (C=O) groups excluding carboxylic acids is 1. The van der Waals surface area contributed by atoms with E-state index in [1.165, 1.54) is 19.3 Å². The minimum atomic E-state index is 0.251. The number of fused-ring (bicyclic) bond motifs is 2. The van der Waals surface area contributed by atoms with Crippen molar-refractivity contribution >= 4 is 11.9 Å². The number of ether oxygens (including phenoxy) is 1.